The molecule has 2 aliphatic heterocycles. The Kier molecular flexibility index (Phi) is 4.32. The normalized spacial score (nSPS) is 22.8. The SMILES string of the molecule is COC(=O)[C@H]1[C@H]2c3ccccc3C=CN2N(c2ccccc2)[C@@H]1C(=O)OC. The summed E-state index contributed by atoms with van der Waals surface area (Å²) < 4.78 is 10.1. The third-order valence-electron chi connectivity index (χ3n) is 5.14. The molecule has 2 heterocycles. The first kappa shape index (κ1) is 17.1. The second kappa shape index (κ2) is 6.79. The first-order chi connectivity index (χ1) is 13.2. The second-order valence-electron chi connectivity index (χ2n) is 6.47. The maximum atomic E-state index is 12.8. The summed E-state index contributed by atoms with van der Waals surface area (Å²) >= 11 is 0. The lowest BCUT2D eigenvalue weighted by atomic mass is 9.85. The standard InChI is InChI=1S/C21H20N2O4/c1-26-20(24)17-18-16-11-7-6-8-14(16)12-13-22(18)23(19(17)21(25)27-2)15-9-4-3-5-10-15/h3-13,17-19H,1-2H3/t17-,18+,19-/m0/s1. The lowest BCUT2D eigenvalue weighted by Crippen LogP contribution is -2.46. The van der Waals surface area contributed by atoms with E-state index in [2.05, 4.69) is 0 Å². The molecule has 0 N–H and O–H groups in total. The molecular weight excluding hydrogens is 344 g/mol. The second-order valence-corrected chi connectivity index (χ2v) is 6.47. The van der Waals surface area contributed by atoms with Gasteiger partial charge in [0.2, 0.25) is 0 Å². The molecule has 1 fully saturated rings. The predicted molar refractivity (Wildman–Crippen MR) is 100 cm³/mol. The lowest BCUT2D eigenvalue weighted by Gasteiger charge is -2.36. The summed E-state index contributed by atoms with van der Waals surface area (Å²) in [5, 5.41) is 3.76. The monoisotopic (exact) mass is 364 g/mol. The van der Waals surface area contributed by atoms with Crippen LogP contribution in [-0.2, 0) is 19.1 Å². The van der Waals surface area contributed by atoms with E-state index in [0.29, 0.717) is 0 Å². The van der Waals surface area contributed by atoms with Gasteiger partial charge in [-0.15, -0.1) is 0 Å². The van der Waals surface area contributed by atoms with E-state index in [1.165, 1.54) is 14.2 Å². The quantitative estimate of drug-likeness (QED) is 0.781. The number of esters is 2. The van der Waals surface area contributed by atoms with Gasteiger partial charge in [0.1, 0.15) is 5.92 Å². The molecule has 0 amide bonds. The number of fused-ring (bicyclic) bond motifs is 3. The number of rotatable bonds is 3. The molecule has 2 aromatic carbocycles. The van der Waals surface area contributed by atoms with Crippen LogP contribution in [0.5, 0.6) is 0 Å². The van der Waals surface area contributed by atoms with E-state index in [9.17, 15) is 9.59 Å². The summed E-state index contributed by atoms with van der Waals surface area (Å²) in [7, 11) is 2.68. The Bertz CT molecular complexity index is 880. The predicted octanol–water partition coefficient (Wildman–Crippen LogP) is 2.78. The average Bonchev–Trinajstić information content (AvgIpc) is 3.08. The molecule has 138 valence electrons. The maximum absolute atomic E-state index is 12.8. The summed E-state index contributed by atoms with van der Waals surface area (Å²) in [6.45, 7) is 0. The third-order valence-corrected chi connectivity index (χ3v) is 5.14. The maximum Gasteiger partial charge on any atom is 0.331 e. The highest BCUT2D eigenvalue weighted by Crippen LogP contribution is 2.47. The van der Waals surface area contributed by atoms with Crippen LogP contribution in [0, 0.1) is 5.92 Å². The van der Waals surface area contributed by atoms with Gasteiger partial charge >= 0.3 is 11.9 Å². The van der Waals surface area contributed by atoms with E-state index in [1.807, 2.05) is 76.9 Å². The highest BCUT2D eigenvalue weighted by atomic mass is 16.5. The van der Waals surface area contributed by atoms with Crippen molar-refractivity contribution in [1.82, 2.24) is 5.01 Å². The van der Waals surface area contributed by atoms with Gasteiger partial charge in [0, 0.05) is 6.20 Å². The number of benzene rings is 2. The third kappa shape index (κ3) is 2.65. The summed E-state index contributed by atoms with van der Waals surface area (Å²) in [6, 6.07) is 16.2. The molecular formula is C21H20N2O4. The smallest absolute Gasteiger partial charge is 0.331 e. The fraction of sp³-hybridized carbons (Fsp3) is 0.238. The van der Waals surface area contributed by atoms with Crippen molar-refractivity contribution >= 4 is 23.7 Å². The fourth-order valence-electron chi connectivity index (χ4n) is 3.99. The Morgan fingerprint density at radius 1 is 0.889 bits per heavy atom. The molecule has 0 aromatic heterocycles. The zero-order valence-corrected chi connectivity index (χ0v) is 15.1. The number of hydrogen-bond acceptors (Lipinski definition) is 6. The van der Waals surface area contributed by atoms with Crippen LogP contribution >= 0.6 is 0 Å². The van der Waals surface area contributed by atoms with Crippen LogP contribution in [0.2, 0.25) is 0 Å². The molecule has 0 aliphatic carbocycles. The van der Waals surface area contributed by atoms with Crippen molar-refractivity contribution in [3.8, 4) is 0 Å². The first-order valence-electron chi connectivity index (χ1n) is 8.72. The van der Waals surface area contributed by atoms with Gasteiger partial charge in [-0.05, 0) is 29.3 Å². The lowest BCUT2D eigenvalue weighted by molar-refractivity contribution is -0.153. The van der Waals surface area contributed by atoms with Gasteiger partial charge in [0.25, 0.3) is 0 Å². The van der Waals surface area contributed by atoms with Crippen molar-refractivity contribution in [3.05, 3.63) is 71.9 Å². The number of hydrogen-bond donors (Lipinski definition) is 0. The van der Waals surface area contributed by atoms with E-state index in [0.717, 1.165) is 16.8 Å². The number of nitrogens with zero attached hydrogens (tertiary/aromatic N) is 2. The number of anilines is 1. The minimum absolute atomic E-state index is 0.358. The van der Waals surface area contributed by atoms with Crippen molar-refractivity contribution in [1.29, 1.82) is 0 Å². The van der Waals surface area contributed by atoms with Gasteiger partial charge in [-0.3, -0.25) is 14.8 Å². The van der Waals surface area contributed by atoms with Crippen LogP contribution < -0.4 is 5.01 Å². The summed E-state index contributed by atoms with van der Waals surface area (Å²) in [5.74, 6) is -1.65. The van der Waals surface area contributed by atoms with E-state index in [1.54, 1.807) is 0 Å². The Morgan fingerprint density at radius 2 is 1.56 bits per heavy atom. The van der Waals surface area contributed by atoms with Crippen molar-refractivity contribution in [2.75, 3.05) is 19.2 Å². The van der Waals surface area contributed by atoms with E-state index >= 15 is 0 Å². The van der Waals surface area contributed by atoms with Crippen LogP contribution in [0.4, 0.5) is 5.69 Å². The number of ether oxygens (including phenoxy) is 2. The first-order valence-corrected chi connectivity index (χ1v) is 8.72. The molecule has 2 aliphatic rings. The average molecular weight is 364 g/mol. The molecule has 0 bridgehead atoms. The van der Waals surface area contributed by atoms with Gasteiger partial charge in [0.05, 0.1) is 25.9 Å². The zero-order valence-electron chi connectivity index (χ0n) is 15.1. The highest BCUT2D eigenvalue weighted by molar-refractivity contribution is 5.90. The minimum atomic E-state index is -0.828. The highest BCUT2D eigenvalue weighted by Gasteiger charge is 2.56. The summed E-state index contributed by atoms with van der Waals surface area (Å²) in [6.07, 6.45) is 3.88. The van der Waals surface area contributed by atoms with Crippen molar-refractivity contribution in [3.63, 3.8) is 0 Å². The summed E-state index contributed by atoms with van der Waals surface area (Å²) in [5.41, 5.74) is 2.79. The molecule has 0 unspecified atom stereocenters. The molecule has 0 spiro atoms. The number of carbonyl (C=O) groups is 2. The van der Waals surface area contributed by atoms with Gasteiger partial charge in [-0.25, -0.2) is 4.79 Å². The Labute approximate surface area is 157 Å². The Morgan fingerprint density at radius 3 is 2.26 bits per heavy atom. The van der Waals surface area contributed by atoms with Crippen LogP contribution in [0.3, 0.4) is 0 Å². The molecule has 6 heteroatoms. The van der Waals surface area contributed by atoms with Crippen LogP contribution in [0.1, 0.15) is 17.2 Å². The van der Waals surface area contributed by atoms with Gasteiger partial charge in [-0.1, -0.05) is 42.5 Å². The fourth-order valence-corrected chi connectivity index (χ4v) is 3.99. The van der Waals surface area contributed by atoms with Crippen LogP contribution in [0.25, 0.3) is 6.08 Å². The molecule has 2 aromatic rings. The van der Waals surface area contributed by atoms with Crippen molar-refractivity contribution in [2.24, 2.45) is 5.92 Å². The zero-order chi connectivity index (χ0) is 19.0. The van der Waals surface area contributed by atoms with Gasteiger partial charge in [-0.2, -0.15) is 0 Å². The summed E-state index contributed by atoms with van der Waals surface area (Å²) in [4.78, 5) is 25.5. The van der Waals surface area contributed by atoms with Crippen molar-refractivity contribution < 1.29 is 19.1 Å². The number of hydrazine groups is 1. The molecule has 27 heavy (non-hydrogen) atoms. The molecule has 0 saturated carbocycles. The number of carbonyl (C=O) groups excluding carboxylic acids is 2. The molecule has 6 nitrogen and oxygen atoms in total. The van der Waals surface area contributed by atoms with E-state index < -0.39 is 23.9 Å². The van der Waals surface area contributed by atoms with Gasteiger partial charge in [0.15, 0.2) is 6.04 Å². The number of para-hydroxylation sites is 1. The molecule has 1 saturated heterocycles. The Balaban J connectivity index is 1.92. The molecule has 4 rings (SSSR count). The minimum Gasteiger partial charge on any atom is -0.469 e. The molecule has 3 atom stereocenters. The van der Waals surface area contributed by atoms with Crippen molar-refractivity contribution in [2.45, 2.75) is 12.1 Å². The molecule has 0 radical (unpaired) electrons. The Hall–Kier alpha value is -3.28. The van der Waals surface area contributed by atoms with Gasteiger partial charge < -0.3 is 9.47 Å². The number of methoxy groups -OCH3 is 2. The topological polar surface area (TPSA) is 59.1 Å². The van der Waals surface area contributed by atoms with E-state index in [-0.39, 0.29) is 6.04 Å². The largest absolute Gasteiger partial charge is 0.469 e. The van der Waals surface area contributed by atoms with Crippen LogP contribution in [-0.4, -0.2) is 37.2 Å². The van der Waals surface area contributed by atoms with E-state index in [4.69, 9.17) is 9.47 Å². The van der Waals surface area contributed by atoms with Crippen LogP contribution in [0.15, 0.2) is 60.8 Å².